The molecule has 0 amide bonds. The molecule has 1 fully saturated rings. The minimum absolute atomic E-state index is 0.352. The van der Waals surface area contributed by atoms with Gasteiger partial charge in [-0.3, -0.25) is 4.90 Å². The number of ether oxygens (including phenoxy) is 1. The van der Waals surface area contributed by atoms with Crippen LogP contribution in [0, 0.1) is 6.92 Å². The largest absolute Gasteiger partial charge is 0.373 e. The van der Waals surface area contributed by atoms with E-state index < -0.39 is 0 Å². The SMILES string of the molecule is CCNC(CCN1C[C@@H](C)O[C@@H](C)C1)c1ccccc1C. The van der Waals surface area contributed by atoms with Crippen molar-refractivity contribution in [3.63, 3.8) is 0 Å². The second-order valence-electron chi connectivity index (χ2n) is 6.27. The van der Waals surface area contributed by atoms with Gasteiger partial charge in [-0.05, 0) is 44.9 Å². The van der Waals surface area contributed by atoms with Crippen molar-refractivity contribution in [3.05, 3.63) is 35.4 Å². The van der Waals surface area contributed by atoms with E-state index in [9.17, 15) is 0 Å². The maximum Gasteiger partial charge on any atom is 0.0678 e. The number of nitrogens with zero attached hydrogens (tertiary/aromatic N) is 1. The average Bonchev–Trinajstić information content (AvgIpc) is 2.43. The zero-order chi connectivity index (χ0) is 15.2. The minimum atomic E-state index is 0.352. The Kier molecular flexibility index (Phi) is 6.22. The molecule has 0 saturated carbocycles. The molecule has 1 aliphatic heterocycles. The van der Waals surface area contributed by atoms with Gasteiger partial charge in [0.05, 0.1) is 12.2 Å². The van der Waals surface area contributed by atoms with Gasteiger partial charge in [0.1, 0.15) is 0 Å². The van der Waals surface area contributed by atoms with Crippen LogP contribution in [0.4, 0.5) is 0 Å². The highest BCUT2D eigenvalue weighted by Gasteiger charge is 2.23. The molecule has 0 radical (unpaired) electrons. The summed E-state index contributed by atoms with van der Waals surface area (Å²) in [4.78, 5) is 2.54. The molecule has 1 saturated heterocycles. The second-order valence-corrected chi connectivity index (χ2v) is 6.27. The molecule has 1 N–H and O–H groups in total. The van der Waals surface area contributed by atoms with Gasteiger partial charge < -0.3 is 10.1 Å². The first kappa shape index (κ1) is 16.5. The summed E-state index contributed by atoms with van der Waals surface area (Å²) in [6, 6.07) is 9.18. The standard InChI is InChI=1S/C18H30N2O/c1-5-19-18(17-9-7-6-8-14(17)2)10-11-20-12-15(3)21-16(4)13-20/h6-9,15-16,18-19H,5,10-13H2,1-4H3/t15-,16+,18?. The van der Waals surface area contributed by atoms with Crippen molar-refractivity contribution in [2.45, 2.75) is 52.4 Å². The number of aryl methyl sites for hydroxylation is 1. The molecule has 21 heavy (non-hydrogen) atoms. The first-order valence-corrected chi connectivity index (χ1v) is 8.26. The Morgan fingerprint density at radius 3 is 2.52 bits per heavy atom. The van der Waals surface area contributed by atoms with Crippen LogP contribution in [0.1, 0.15) is 44.4 Å². The predicted molar refractivity (Wildman–Crippen MR) is 88.7 cm³/mol. The summed E-state index contributed by atoms with van der Waals surface area (Å²) in [5.74, 6) is 0. The Morgan fingerprint density at radius 1 is 1.24 bits per heavy atom. The molecule has 3 heteroatoms. The van der Waals surface area contributed by atoms with Crippen LogP contribution in [0.3, 0.4) is 0 Å². The van der Waals surface area contributed by atoms with Crippen LogP contribution in [-0.2, 0) is 4.74 Å². The monoisotopic (exact) mass is 290 g/mol. The number of hydrogen-bond donors (Lipinski definition) is 1. The third kappa shape index (κ3) is 4.80. The number of hydrogen-bond acceptors (Lipinski definition) is 3. The molecule has 0 bridgehead atoms. The molecule has 0 spiro atoms. The van der Waals surface area contributed by atoms with Crippen LogP contribution in [0.5, 0.6) is 0 Å². The summed E-state index contributed by atoms with van der Waals surface area (Å²) < 4.78 is 5.82. The number of morpholine rings is 1. The Balaban J connectivity index is 1.96. The van der Waals surface area contributed by atoms with Gasteiger partial charge in [-0.1, -0.05) is 31.2 Å². The van der Waals surface area contributed by atoms with Gasteiger partial charge in [-0.2, -0.15) is 0 Å². The van der Waals surface area contributed by atoms with Crippen molar-refractivity contribution in [1.82, 2.24) is 10.2 Å². The van der Waals surface area contributed by atoms with Crippen molar-refractivity contribution in [3.8, 4) is 0 Å². The summed E-state index contributed by atoms with van der Waals surface area (Å²) in [5, 5.41) is 3.64. The van der Waals surface area contributed by atoms with E-state index >= 15 is 0 Å². The van der Waals surface area contributed by atoms with Crippen LogP contribution < -0.4 is 5.32 Å². The lowest BCUT2D eigenvalue weighted by Crippen LogP contribution is -2.46. The Bertz CT molecular complexity index is 425. The fourth-order valence-corrected chi connectivity index (χ4v) is 3.37. The van der Waals surface area contributed by atoms with Crippen molar-refractivity contribution >= 4 is 0 Å². The highest BCUT2D eigenvalue weighted by molar-refractivity contribution is 5.28. The molecule has 1 heterocycles. The van der Waals surface area contributed by atoms with E-state index in [2.05, 4.69) is 62.2 Å². The molecule has 1 aliphatic rings. The zero-order valence-corrected chi connectivity index (χ0v) is 13.9. The fraction of sp³-hybridized carbons (Fsp3) is 0.667. The van der Waals surface area contributed by atoms with Crippen molar-refractivity contribution in [1.29, 1.82) is 0 Å². The molecule has 1 aromatic rings. The second kappa shape index (κ2) is 7.92. The van der Waals surface area contributed by atoms with Crippen molar-refractivity contribution in [2.24, 2.45) is 0 Å². The lowest BCUT2D eigenvalue weighted by Gasteiger charge is -2.36. The van der Waals surface area contributed by atoms with Crippen LogP contribution in [0.25, 0.3) is 0 Å². The Hall–Kier alpha value is -0.900. The molecule has 0 aliphatic carbocycles. The van der Waals surface area contributed by atoms with E-state index in [1.807, 2.05) is 0 Å². The molecule has 0 aromatic heterocycles. The topological polar surface area (TPSA) is 24.5 Å². The molecule has 118 valence electrons. The fourth-order valence-electron chi connectivity index (χ4n) is 3.37. The maximum absolute atomic E-state index is 5.82. The normalized spacial score (nSPS) is 25.0. The molecular weight excluding hydrogens is 260 g/mol. The van der Waals surface area contributed by atoms with Gasteiger partial charge in [0.25, 0.3) is 0 Å². The minimum Gasteiger partial charge on any atom is -0.373 e. The van der Waals surface area contributed by atoms with Gasteiger partial charge in [0.15, 0.2) is 0 Å². The number of rotatable bonds is 6. The summed E-state index contributed by atoms with van der Waals surface area (Å²) >= 11 is 0. The number of nitrogens with one attached hydrogen (secondary N) is 1. The van der Waals surface area contributed by atoms with Crippen molar-refractivity contribution in [2.75, 3.05) is 26.2 Å². The van der Waals surface area contributed by atoms with Gasteiger partial charge in [0, 0.05) is 25.7 Å². The summed E-state index contributed by atoms with van der Waals surface area (Å²) in [7, 11) is 0. The average molecular weight is 290 g/mol. The smallest absolute Gasteiger partial charge is 0.0678 e. The van der Waals surface area contributed by atoms with E-state index in [0.717, 1.165) is 32.6 Å². The predicted octanol–water partition coefficient (Wildman–Crippen LogP) is 3.14. The third-order valence-electron chi connectivity index (χ3n) is 4.24. The van der Waals surface area contributed by atoms with E-state index in [-0.39, 0.29) is 0 Å². The highest BCUT2D eigenvalue weighted by atomic mass is 16.5. The molecular formula is C18H30N2O. The molecule has 3 nitrogen and oxygen atoms in total. The maximum atomic E-state index is 5.82. The molecule has 2 rings (SSSR count). The lowest BCUT2D eigenvalue weighted by atomic mass is 9.98. The van der Waals surface area contributed by atoms with Gasteiger partial charge in [0.2, 0.25) is 0 Å². The lowest BCUT2D eigenvalue weighted by molar-refractivity contribution is -0.0686. The van der Waals surface area contributed by atoms with Crippen LogP contribution in [-0.4, -0.2) is 43.3 Å². The number of benzene rings is 1. The van der Waals surface area contributed by atoms with E-state index in [0.29, 0.717) is 18.2 Å². The van der Waals surface area contributed by atoms with Crippen LogP contribution >= 0.6 is 0 Å². The van der Waals surface area contributed by atoms with Crippen LogP contribution in [0.15, 0.2) is 24.3 Å². The third-order valence-corrected chi connectivity index (χ3v) is 4.24. The van der Waals surface area contributed by atoms with Gasteiger partial charge >= 0.3 is 0 Å². The van der Waals surface area contributed by atoms with Gasteiger partial charge in [-0.15, -0.1) is 0 Å². The summed E-state index contributed by atoms with van der Waals surface area (Å²) in [5.41, 5.74) is 2.82. The quantitative estimate of drug-likeness (QED) is 0.871. The highest BCUT2D eigenvalue weighted by Crippen LogP contribution is 2.22. The molecule has 1 aromatic carbocycles. The summed E-state index contributed by atoms with van der Waals surface area (Å²) in [6.07, 6.45) is 1.85. The first-order valence-electron chi connectivity index (χ1n) is 8.26. The summed E-state index contributed by atoms with van der Waals surface area (Å²) in [6.45, 7) is 13.0. The molecule has 3 atom stereocenters. The molecule has 1 unspecified atom stereocenters. The zero-order valence-electron chi connectivity index (χ0n) is 13.9. The van der Waals surface area contributed by atoms with Crippen LogP contribution in [0.2, 0.25) is 0 Å². The van der Waals surface area contributed by atoms with E-state index in [1.165, 1.54) is 11.1 Å². The van der Waals surface area contributed by atoms with Crippen molar-refractivity contribution < 1.29 is 4.74 Å². The van der Waals surface area contributed by atoms with E-state index in [4.69, 9.17) is 4.74 Å². The first-order chi connectivity index (χ1) is 10.1. The Morgan fingerprint density at radius 2 is 1.90 bits per heavy atom. The Labute approximate surface area is 129 Å². The van der Waals surface area contributed by atoms with E-state index in [1.54, 1.807) is 0 Å². The van der Waals surface area contributed by atoms with Gasteiger partial charge in [-0.25, -0.2) is 0 Å².